The van der Waals surface area contributed by atoms with Crippen LogP contribution < -0.4 is 4.72 Å². The van der Waals surface area contributed by atoms with E-state index in [1.54, 1.807) is 13.8 Å². The number of carbonyl (C=O) groups is 1. The van der Waals surface area contributed by atoms with Crippen LogP contribution >= 0.6 is 0 Å². The molecule has 104 valence electrons. The highest BCUT2D eigenvalue weighted by molar-refractivity contribution is 7.87. The van der Waals surface area contributed by atoms with Gasteiger partial charge in [-0.05, 0) is 38.5 Å². The number of nitrogens with zero attached hydrogens (tertiary/aromatic N) is 1. The van der Waals surface area contributed by atoms with Gasteiger partial charge in [-0.1, -0.05) is 6.42 Å². The summed E-state index contributed by atoms with van der Waals surface area (Å²) < 4.78 is 27.9. The van der Waals surface area contributed by atoms with E-state index in [-0.39, 0.29) is 17.9 Å². The van der Waals surface area contributed by atoms with Crippen molar-refractivity contribution in [3.8, 4) is 0 Å². The summed E-state index contributed by atoms with van der Waals surface area (Å²) in [6.45, 7) is 3.79. The molecule has 0 radical (unpaired) electrons. The van der Waals surface area contributed by atoms with Crippen LogP contribution in [0, 0.1) is 11.8 Å². The van der Waals surface area contributed by atoms with Crippen molar-refractivity contribution in [1.82, 2.24) is 9.03 Å². The summed E-state index contributed by atoms with van der Waals surface area (Å²) in [4.78, 5) is 11.4. The molecule has 2 aliphatic rings. The van der Waals surface area contributed by atoms with Crippen molar-refractivity contribution in [3.63, 3.8) is 0 Å². The second kappa shape index (κ2) is 4.79. The Morgan fingerprint density at radius 1 is 1.39 bits per heavy atom. The Morgan fingerprint density at radius 3 is 2.61 bits per heavy atom. The smallest absolute Gasteiger partial charge is 0.322 e. The molecule has 0 aromatic carbocycles. The third kappa shape index (κ3) is 2.39. The van der Waals surface area contributed by atoms with Crippen LogP contribution in [0.3, 0.4) is 0 Å². The summed E-state index contributed by atoms with van der Waals surface area (Å²) in [6, 6.07) is -1.13. The predicted molar refractivity (Wildman–Crippen MR) is 66.2 cm³/mol. The maximum absolute atomic E-state index is 12.1. The second-order valence-electron chi connectivity index (χ2n) is 5.49. The number of fused-ring (bicyclic) bond motifs is 1. The lowest BCUT2D eigenvalue weighted by molar-refractivity contribution is -0.142. The lowest BCUT2D eigenvalue weighted by Crippen LogP contribution is -2.49. The predicted octanol–water partition coefficient (Wildman–Crippen LogP) is 0.414. The van der Waals surface area contributed by atoms with Crippen LogP contribution in [0.1, 0.15) is 33.1 Å². The van der Waals surface area contributed by atoms with Gasteiger partial charge in [-0.15, -0.1) is 0 Å². The van der Waals surface area contributed by atoms with E-state index in [1.807, 2.05) is 0 Å². The Bertz CT molecular complexity index is 434. The van der Waals surface area contributed by atoms with E-state index in [1.165, 1.54) is 0 Å². The fourth-order valence-corrected chi connectivity index (χ4v) is 4.85. The van der Waals surface area contributed by atoms with E-state index in [2.05, 4.69) is 4.72 Å². The molecule has 2 rings (SSSR count). The molecule has 18 heavy (non-hydrogen) atoms. The molecular weight excluding hydrogens is 256 g/mol. The normalized spacial score (nSPS) is 32.9. The lowest BCUT2D eigenvalue weighted by atomic mass is 9.94. The number of aliphatic carboxylic acids is 1. The van der Waals surface area contributed by atoms with E-state index >= 15 is 0 Å². The monoisotopic (exact) mass is 276 g/mol. The van der Waals surface area contributed by atoms with Crippen LogP contribution in [0.4, 0.5) is 0 Å². The molecule has 1 saturated heterocycles. The molecule has 0 aromatic heterocycles. The first-order valence-corrected chi connectivity index (χ1v) is 7.79. The number of nitrogens with one attached hydrogen (secondary N) is 1. The fourth-order valence-electron chi connectivity index (χ4n) is 3.19. The molecule has 1 heterocycles. The second-order valence-corrected chi connectivity index (χ2v) is 7.14. The van der Waals surface area contributed by atoms with Crippen LogP contribution in [0.15, 0.2) is 0 Å². The Kier molecular flexibility index (Phi) is 3.66. The van der Waals surface area contributed by atoms with E-state index in [9.17, 15) is 18.3 Å². The van der Waals surface area contributed by atoms with Gasteiger partial charge in [0.25, 0.3) is 10.2 Å². The highest BCUT2D eigenvalue weighted by Gasteiger charge is 2.52. The Hall–Kier alpha value is -0.660. The minimum absolute atomic E-state index is 0.0220. The Balaban J connectivity index is 2.25. The van der Waals surface area contributed by atoms with Crippen LogP contribution in [0.2, 0.25) is 0 Å². The van der Waals surface area contributed by atoms with Crippen molar-refractivity contribution in [3.05, 3.63) is 0 Å². The van der Waals surface area contributed by atoms with Crippen molar-refractivity contribution >= 4 is 16.2 Å². The van der Waals surface area contributed by atoms with Gasteiger partial charge in [0.1, 0.15) is 6.04 Å². The quantitative estimate of drug-likeness (QED) is 0.779. The molecule has 3 unspecified atom stereocenters. The van der Waals surface area contributed by atoms with Gasteiger partial charge >= 0.3 is 5.97 Å². The summed E-state index contributed by atoms with van der Waals surface area (Å²) in [5.74, 6) is -0.848. The number of hydrogen-bond donors (Lipinski definition) is 2. The van der Waals surface area contributed by atoms with Gasteiger partial charge in [-0.3, -0.25) is 4.79 Å². The third-order valence-electron chi connectivity index (χ3n) is 3.79. The van der Waals surface area contributed by atoms with Crippen LogP contribution in [-0.2, 0) is 15.0 Å². The lowest BCUT2D eigenvalue weighted by Gasteiger charge is -2.24. The van der Waals surface area contributed by atoms with Crippen LogP contribution in [-0.4, -0.2) is 42.4 Å². The molecule has 0 aromatic rings. The largest absolute Gasteiger partial charge is 0.480 e. The van der Waals surface area contributed by atoms with Crippen molar-refractivity contribution in [2.75, 3.05) is 6.54 Å². The first-order chi connectivity index (χ1) is 8.33. The van der Waals surface area contributed by atoms with Gasteiger partial charge < -0.3 is 5.11 Å². The van der Waals surface area contributed by atoms with E-state index in [0.29, 0.717) is 6.54 Å². The first kappa shape index (κ1) is 13.8. The summed E-state index contributed by atoms with van der Waals surface area (Å²) in [5, 5.41) is 9.29. The van der Waals surface area contributed by atoms with Gasteiger partial charge in [0, 0.05) is 12.6 Å². The summed E-state index contributed by atoms with van der Waals surface area (Å²) in [7, 11) is -3.69. The van der Waals surface area contributed by atoms with Gasteiger partial charge in [0.05, 0.1) is 0 Å². The molecule has 2 fully saturated rings. The molecule has 3 atom stereocenters. The van der Waals surface area contributed by atoms with Gasteiger partial charge in [-0.25, -0.2) is 0 Å². The Morgan fingerprint density at radius 2 is 2.06 bits per heavy atom. The van der Waals surface area contributed by atoms with Gasteiger partial charge in [-0.2, -0.15) is 17.4 Å². The highest BCUT2D eigenvalue weighted by Crippen LogP contribution is 2.43. The van der Waals surface area contributed by atoms with E-state index in [0.717, 1.165) is 23.6 Å². The third-order valence-corrected chi connectivity index (χ3v) is 5.56. The maximum Gasteiger partial charge on any atom is 0.322 e. The molecule has 1 aliphatic heterocycles. The van der Waals surface area contributed by atoms with Gasteiger partial charge in [0.2, 0.25) is 0 Å². The average Bonchev–Trinajstić information content (AvgIpc) is 2.71. The minimum atomic E-state index is -3.69. The molecule has 0 spiro atoms. The van der Waals surface area contributed by atoms with Gasteiger partial charge in [0.15, 0.2) is 0 Å². The first-order valence-electron chi connectivity index (χ1n) is 6.35. The number of hydrogen-bond acceptors (Lipinski definition) is 3. The molecule has 1 aliphatic carbocycles. The topological polar surface area (TPSA) is 86.7 Å². The Labute approximate surface area is 108 Å². The van der Waals surface area contributed by atoms with E-state index in [4.69, 9.17) is 0 Å². The SMILES string of the molecule is CC(C)NS(=O)(=O)N1CC2CCCC2C1C(=O)O. The number of rotatable bonds is 4. The standard InChI is InChI=1S/C11H20N2O4S/c1-7(2)12-18(16,17)13-6-8-4-3-5-9(8)10(13)11(14)15/h7-10,12H,3-6H2,1-2H3,(H,14,15). The molecule has 0 bridgehead atoms. The minimum Gasteiger partial charge on any atom is -0.480 e. The van der Waals surface area contributed by atoms with Crippen molar-refractivity contribution < 1.29 is 18.3 Å². The molecule has 0 amide bonds. The summed E-state index contributed by atoms with van der Waals surface area (Å²) >= 11 is 0. The summed E-state index contributed by atoms with van der Waals surface area (Å²) in [6.07, 6.45) is 2.75. The number of carboxylic acids is 1. The molecule has 2 N–H and O–H groups in total. The fraction of sp³-hybridized carbons (Fsp3) is 0.909. The molecular formula is C11H20N2O4S. The van der Waals surface area contributed by atoms with Crippen molar-refractivity contribution in [2.24, 2.45) is 11.8 Å². The summed E-state index contributed by atoms with van der Waals surface area (Å²) in [5.41, 5.74) is 0. The molecule has 7 heteroatoms. The molecule has 6 nitrogen and oxygen atoms in total. The zero-order chi connectivity index (χ0) is 13.5. The highest BCUT2D eigenvalue weighted by atomic mass is 32.2. The average molecular weight is 276 g/mol. The molecule has 1 saturated carbocycles. The van der Waals surface area contributed by atoms with Crippen LogP contribution in [0.5, 0.6) is 0 Å². The maximum atomic E-state index is 12.1. The zero-order valence-electron chi connectivity index (χ0n) is 10.7. The van der Waals surface area contributed by atoms with E-state index < -0.39 is 22.2 Å². The van der Waals surface area contributed by atoms with Crippen molar-refractivity contribution in [2.45, 2.75) is 45.2 Å². The van der Waals surface area contributed by atoms with Crippen LogP contribution in [0.25, 0.3) is 0 Å². The zero-order valence-corrected chi connectivity index (χ0v) is 11.5. The van der Waals surface area contributed by atoms with Crippen molar-refractivity contribution in [1.29, 1.82) is 0 Å². The number of carboxylic acid groups (broad SMARTS) is 1.